The van der Waals surface area contributed by atoms with Gasteiger partial charge in [-0.1, -0.05) is 6.07 Å². The fraction of sp³-hybridized carbons (Fsp3) is 0.588. The molecule has 0 amide bonds. The van der Waals surface area contributed by atoms with Crippen LogP contribution in [0.15, 0.2) is 22.6 Å². The lowest BCUT2D eigenvalue weighted by Gasteiger charge is -2.22. The summed E-state index contributed by atoms with van der Waals surface area (Å²) in [5.74, 6) is 0.543. The zero-order chi connectivity index (χ0) is 16.4. The number of hydrogen-bond acceptors (Lipinski definition) is 6. The molecule has 1 saturated heterocycles. The first-order chi connectivity index (χ1) is 11.1. The van der Waals surface area contributed by atoms with Gasteiger partial charge in [0.05, 0.1) is 6.61 Å². The third kappa shape index (κ3) is 3.49. The van der Waals surface area contributed by atoms with Crippen LogP contribution in [0.2, 0.25) is 0 Å². The Morgan fingerprint density at radius 3 is 2.83 bits per heavy atom. The molecule has 6 nitrogen and oxygen atoms in total. The lowest BCUT2D eigenvalue weighted by atomic mass is 9.96. The Bertz CT molecular complexity index is 658. The molecule has 2 heterocycles. The van der Waals surface area contributed by atoms with E-state index in [0.717, 1.165) is 36.3 Å². The first-order valence-corrected chi connectivity index (χ1v) is 8.13. The van der Waals surface area contributed by atoms with Crippen molar-refractivity contribution in [2.45, 2.75) is 6.92 Å². The average Bonchev–Trinajstić information content (AvgIpc) is 3.10. The Labute approximate surface area is 136 Å². The molecule has 1 aliphatic heterocycles. The largest absolute Gasteiger partial charge is 0.423 e. The highest BCUT2D eigenvalue weighted by Crippen LogP contribution is 2.30. The summed E-state index contributed by atoms with van der Waals surface area (Å²) in [7, 11) is 2.00. The molecule has 0 spiro atoms. The highest BCUT2D eigenvalue weighted by atomic mass is 16.4. The molecule has 2 N–H and O–H groups in total. The van der Waals surface area contributed by atoms with Crippen LogP contribution >= 0.6 is 0 Å². The molecule has 0 aliphatic carbocycles. The molecule has 2 aromatic rings. The Balaban J connectivity index is 1.74. The number of rotatable bonds is 6. The molecule has 126 valence electrons. The van der Waals surface area contributed by atoms with E-state index >= 15 is 0 Å². The van der Waals surface area contributed by atoms with E-state index in [9.17, 15) is 5.11 Å². The van der Waals surface area contributed by atoms with Crippen LogP contribution in [-0.4, -0.2) is 66.5 Å². The van der Waals surface area contributed by atoms with Crippen molar-refractivity contribution in [3.63, 3.8) is 0 Å². The average molecular weight is 319 g/mol. The first-order valence-electron chi connectivity index (χ1n) is 8.13. The standard InChI is InChI=1S/C17H25N3O3/c1-12-3-4-16-15(7-12)18-17(23-16)20-9-13(14(10-20)11-22)8-19(2)5-6-21/h3-4,7,13-14,21-22H,5-6,8-11H2,1-2H3/t13-,14-/m1/s1. The van der Waals surface area contributed by atoms with Crippen LogP contribution < -0.4 is 4.90 Å². The van der Waals surface area contributed by atoms with E-state index in [1.165, 1.54) is 0 Å². The van der Waals surface area contributed by atoms with Gasteiger partial charge in [0.1, 0.15) is 5.52 Å². The normalized spacial score (nSPS) is 21.7. The summed E-state index contributed by atoms with van der Waals surface area (Å²) in [4.78, 5) is 8.82. The maximum absolute atomic E-state index is 9.67. The third-order valence-corrected chi connectivity index (χ3v) is 4.64. The number of likely N-dealkylation sites (N-methyl/N-ethyl adjacent to an activating group) is 1. The summed E-state index contributed by atoms with van der Waals surface area (Å²) in [6, 6.07) is 6.63. The maximum Gasteiger partial charge on any atom is 0.298 e. The van der Waals surface area contributed by atoms with Crippen LogP contribution in [0.3, 0.4) is 0 Å². The zero-order valence-electron chi connectivity index (χ0n) is 13.8. The van der Waals surface area contributed by atoms with Gasteiger partial charge in [-0.05, 0) is 37.6 Å². The van der Waals surface area contributed by atoms with Crippen molar-refractivity contribution in [1.82, 2.24) is 9.88 Å². The number of anilines is 1. The highest BCUT2D eigenvalue weighted by molar-refractivity contribution is 5.75. The Morgan fingerprint density at radius 1 is 1.30 bits per heavy atom. The molecule has 3 rings (SSSR count). The van der Waals surface area contributed by atoms with Crippen molar-refractivity contribution in [1.29, 1.82) is 0 Å². The molecular weight excluding hydrogens is 294 g/mol. The topological polar surface area (TPSA) is 73.0 Å². The molecule has 0 unspecified atom stereocenters. The first kappa shape index (κ1) is 16.2. The molecule has 2 atom stereocenters. The monoisotopic (exact) mass is 319 g/mol. The van der Waals surface area contributed by atoms with Gasteiger partial charge in [0.15, 0.2) is 5.58 Å². The van der Waals surface area contributed by atoms with Crippen LogP contribution in [0.5, 0.6) is 0 Å². The third-order valence-electron chi connectivity index (χ3n) is 4.64. The molecule has 23 heavy (non-hydrogen) atoms. The number of nitrogens with zero attached hydrogens (tertiary/aromatic N) is 3. The van der Waals surface area contributed by atoms with Crippen LogP contribution in [0.4, 0.5) is 6.01 Å². The predicted molar refractivity (Wildman–Crippen MR) is 89.6 cm³/mol. The summed E-state index contributed by atoms with van der Waals surface area (Å²) in [6.45, 7) is 5.41. The van der Waals surface area contributed by atoms with Gasteiger partial charge < -0.3 is 24.4 Å². The van der Waals surface area contributed by atoms with Crippen LogP contribution in [0.25, 0.3) is 11.1 Å². The number of oxazole rings is 1. The minimum absolute atomic E-state index is 0.154. The van der Waals surface area contributed by atoms with Crippen molar-refractivity contribution < 1.29 is 14.6 Å². The minimum Gasteiger partial charge on any atom is -0.423 e. The van der Waals surface area contributed by atoms with E-state index in [4.69, 9.17) is 9.52 Å². The summed E-state index contributed by atoms with van der Waals surface area (Å²) >= 11 is 0. The summed E-state index contributed by atoms with van der Waals surface area (Å²) in [6.07, 6.45) is 0. The number of aromatic nitrogens is 1. The fourth-order valence-corrected chi connectivity index (χ4v) is 3.33. The van der Waals surface area contributed by atoms with Crippen LogP contribution in [-0.2, 0) is 0 Å². The van der Waals surface area contributed by atoms with E-state index in [2.05, 4.69) is 14.8 Å². The Hall–Kier alpha value is -1.63. The number of fused-ring (bicyclic) bond motifs is 1. The smallest absolute Gasteiger partial charge is 0.298 e. The van der Waals surface area contributed by atoms with Crippen molar-refractivity contribution in [2.24, 2.45) is 11.8 Å². The highest BCUT2D eigenvalue weighted by Gasteiger charge is 2.35. The number of benzene rings is 1. The molecule has 0 bridgehead atoms. The molecular formula is C17H25N3O3. The SMILES string of the molecule is Cc1ccc2oc(N3C[C@@H](CN(C)CCO)[C@@H](CO)C3)nc2c1. The molecule has 0 saturated carbocycles. The number of aliphatic hydroxyl groups excluding tert-OH is 2. The summed E-state index contributed by atoms with van der Waals surface area (Å²) < 4.78 is 5.88. The second kappa shape index (κ2) is 6.86. The molecule has 1 aromatic heterocycles. The van der Waals surface area contributed by atoms with Crippen LogP contribution in [0, 0.1) is 18.8 Å². The molecule has 1 aliphatic rings. The van der Waals surface area contributed by atoms with Gasteiger partial charge in [-0.15, -0.1) is 0 Å². The van der Waals surface area contributed by atoms with Gasteiger partial charge in [-0.3, -0.25) is 0 Å². The van der Waals surface area contributed by atoms with Gasteiger partial charge in [0, 0.05) is 38.7 Å². The Kier molecular flexibility index (Phi) is 4.84. The number of aliphatic hydroxyl groups is 2. The zero-order valence-corrected chi connectivity index (χ0v) is 13.8. The van der Waals surface area contributed by atoms with Crippen molar-refractivity contribution in [3.05, 3.63) is 23.8 Å². The van der Waals surface area contributed by atoms with E-state index < -0.39 is 0 Å². The predicted octanol–water partition coefficient (Wildman–Crippen LogP) is 1.11. The molecule has 0 radical (unpaired) electrons. The maximum atomic E-state index is 9.67. The second-order valence-corrected chi connectivity index (χ2v) is 6.56. The Morgan fingerprint density at radius 2 is 2.09 bits per heavy atom. The van der Waals surface area contributed by atoms with Crippen molar-refractivity contribution >= 4 is 17.1 Å². The van der Waals surface area contributed by atoms with Gasteiger partial charge in [-0.2, -0.15) is 4.98 Å². The lowest BCUT2D eigenvalue weighted by molar-refractivity contribution is 0.160. The van der Waals surface area contributed by atoms with E-state index in [1.807, 2.05) is 32.2 Å². The fourth-order valence-electron chi connectivity index (χ4n) is 3.33. The van der Waals surface area contributed by atoms with Gasteiger partial charge in [0.2, 0.25) is 0 Å². The van der Waals surface area contributed by atoms with Crippen molar-refractivity contribution in [3.8, 4) is 0 Å². The number of aryl methyl sites for hydroxylation is 1. The van der Waals surface area contributed by atoms with Gasteiger partial charge in [-0.25, -0.2) is 0 Å². The van der Waals surface area contributed by atoms with E-state index in [1.54, 1.807) is 0 Å². The minimum atomic E-state index is 0.154. The lowest BCUT2D eigenvalue weighted by Crippen LogP contribution is -2.33. The molecule has 6 heteroatoms. The summed E-state index contributed by atoms with van der Waals surface area (Å²) in [5.41, 5.74) is 2.84. The van der Waals surface area contributed by atoms with Crippen molar-refractivity contribution in [2.75, 3.05) is 51.3 Å². The number of hydrogen-bond donors (Lipinski definition) is 2. The van der Waals surface area contributed by atoms with Gasteiger partial charge in [0.25, 0.3) is 6.01 Å². The quantitative estimate of drug-likeness (QED) is 0.831. The van der Waals surface area contributed by atoms with E-state index in [0.29, 0.717) is 18.5 Å². The van der Waals surface area contributed by atoms with Crippen LogP contribution in [0.1, 0.15) is 5.56 Å². The second-order valence-electron chi connectivity index (χ2n) is 6.56. The molecule has 1 aromatic carbocycles. The van der Waals surface area contributed by atoms with Gasteiger partial charge >= 0.3 is 0 Å². The summed E-state index contributed by atoms with van der Waals surface area (Å²) in [5, 5.41) is 18.7. The van der Waals surface area contributed by atoms with E-state index in [-0.39, 0.29) is 19.1 Å². The molecule has 1 fully saturated rings.